The number of nitrogens with zero attached hydrogens (tertiary/aromatic N) is 2. The number of aromatic nitrogens is 2. The molecule has 82 valence electrons. The maximum Gasteiger partial charge on any atom is 0.307 e. The molecule has 2 aromatic heterocycles. The highest BCUT2D eigenvalue weighted by Gasteiger charge is 2.02. The van der Waals surface area contributed by atoms with Crippen molar-refractivity contribution in [1.29, 1.82) is 0 Å². The molecule has 0 saturated heterocycles. The summed E-state index contributed by atoms with van der Waals surface area (Å²) in [5.41, 5.74) is 7.02. The normalized spacial score (nSPS) is 10.2. The summed E-state index contributed by atoms with van der Waals surface area (Å²) in [6, 6.07) is 3.64. The van der Waals surface area contributed by atoms with Gasteiger partial charge in [-0.15, -0.1) is 0 Å². The van der Waals surface area contributed by atoms with Crippen molar-refractivity contribution in [1.82, 2.24) is 9.55 Å². The molecule has 0 atom stereocenters. The first kappa shape index (κ1) is 11.0. The number of rotatable bonds is 3. The van der Waals surface area contributed by atoms with Crippen LogP contribution in [-0.2, 0) is 6.54 Å². The molecule has 2 aromatic rings. The van der Waals surface area contributed by atoms with Crippen molar-refractivity contribution in [2.24, 2.45) is 5.73 Å². The first-order valence-electron chi connectivity index (χ1n) is 4.55. The third-order valence-electron chi connectivity index (χ3n) is 2.07. The van der Waals surface area contributed by atoms with Gasteiger partial charge in [-0.05, 0) is 17.7 Å². The van der Waals surface area contributed by atoms with E-state index in [0.717, 1.165) is 5.56 Å². The second kappa shape index (κ2) is 4.54. The van der Waals surface area contributed by atoms with Gasteiger partial charge in [0.15, 0.2) is 0 Å². The molecule has 0 bridgehead atoms. The number of hydrogen-bond donors (Lipinski definition) is 1. The molecule has 16 heavy (non-hydrogen) atoms. The van der Waals surface area contributed by atoms with E-state index in [2.05, 4.69) is 4.98 Å². The van der Waals surface area contributed by atoms with Gasteiger partial charge in [0.2, 0.25) is 0 Å². The summed E-state index contributed by atoms with van der Waals surface area (Å²) < 4.78 is 1.63. The van der Waals surface area contributed by atoms with Crippen LogP contribution in [0, 0.1) is 0 Å². The van der Waals surface area contributed by atoms with Gasteiger partial charge in [-0.2, -0.15) is 0 Å². The largest absolute Gasteiger partial charge is 0.388 e. The Balaban J connectivity index is 2.29. The van der Waals surface area contributed by atoms with Crippen molar-refractivity contribution in [2.45, 2.75) is 6.54 Å². The van der Waals surface area contributed by atoms with Crippen molar-refractivity contribution >= 4 is 28.5 Å². The number of thiocarbonyl (C=S) groups is 1. The number of thiazole rings is 1. The van der Waals surface area contributed by atoms with Crippen LogP contribution in [0.2, 0.25) is 0 Å². The lowest BCUT2D eigenvalue weighted by atomic mass is 10.2. The van der Waals surface area contributed by atoms with Gasteiger partial charge in [0.05, 0.1) is 12.2 Å². The molecule has 0 aliphatic carbocycles. The molecular weight excluding hydrogens is 242 g/mol. The highest BCUT2D eigenvalue weighted by Crippen LogP contribution is 2.04. The van der Waals surface area contributed by atoms with Crippen LogP contribution >= 0.6 is 23.6 Å². The van der Waals surface area contributed by atoms with E-state index in [-0.39, 0.29) is 9.86 Å². The van der Waals surface area contributed by atoms with E-state index in [0.29, 0.717) is 12.2 Å². The quantitative estimate of drug-likeness (QED) is 0.826. The summed E-state index contributed by atoms with van der Waals surface area (Å²) in [7, 11) is 0. The zero-order valence-corrected chi connectivity index (χ0v) is 9.92. The van der Waals surface area contributed by atoms with E-state index in [4.69, 9.17) is 18.0 Å². The van der Waals surface area contributed by atoms with Gasteiger partial charge in [-0.1, -0.05) is 23.6 Å². The van der Waals surface area contributed by atoms with Gasteiger partial charge in [0.1, 0.15) is 4.99 Å². The lowest BCUT2D eigenvalue weighted by Gasteiger charge is -2.03. The molecule has 0 radical (unpaired) electrons. The monoisotopic (exact) mass is 251 g/mol. The van der Waals surface area contributed by atoms with Crippen LogP contribution in [0.1, 0.15) is 11.3 Å². The Bertz CT molecular complexity index is 573. The summed E-state index contributed by atoms with van der Waals surface area (Å²) in [5, 5.41) is 1.76. The van der Waals surface area contributed by atoms with Crippen LogP contribution in [0.5, 0.6) is 0 Å². The number of nitrogens with two attached hydrogens (primary N) is 1. The molecule has 0 amide bonds. The fraction of sp³-hybridized carbons (Fsp3) is 0.100. The molecule has 0 aliphatic heterocycles. The fourth-order valence-electron chi connectivity index (χ4n) is 1.31. The van der Waals surface area contributed by atoms with E-state index < -0.39 is 0 Å². The SMILES string of the molecule is NC(=S)c1cc(Cn2ccsc2=O)ccn1. The number of hydrogen-bond acceptors (Lipinski definition) is 4. The zero-order valence-electron chi connectivity index (χ0n) is 8.29. The van der Waals surface area contributed by atoms with Crippen molar-refractivity contribution in [3.8, 4) is 0 Å². The Kier molecular flexibility index (Phi) is 3.12. The zero-order chi connectivity index (χ0) is 11.5. The van der Waals surface area contributed by atoms with Crippen LogP contribution in [0.15, 0.2) is 34.7 Å². The molecule has 2 rings (SSSR count). The van der Waals surface area contributed by atoms with Crippen LogP contribution in [-0.4, -0.2) is 14.5 Å². The minimum absolute atomic E-state index is 0.0219. The van der Waals surface area contributed by atoms with Crippen molar-refractivity contribution in [2.75, 3.05) is 0 Å². The van der Waals surface area contributed by atoms with Crippen LogP contribution in [0.4, 0.5) is 0 Å². The summed E-state index contributed by atoms with van der Waals surface area (Å²) in [6.45, 7) is 0.514. The summed E-state index contributed by atoms with van der Waals surface area (Å²) in [5.74, 6) is 0. The van der Waals surface area contributed by atoms with Gasteiger partial charge in [0, 0.05) is 17.8 Å². The van der Waals surface area contributed by atoms with Crippen LogP contribution in [0.3, 0.4) is 0 Å². The molecule has 2 N–H and O–H groups in total. The lowest BCUT2D eigenvalue weighted by molar-refractivity contribution is 0.782. The Labute approximate surface area is 101 Å². The topological polar surface area (TPSA) is 60.9 Å². The molecular formula is C10H9N3OS2. The minimum Gasteiger partial charge on any atom is -0.388 e. The van der Waals surface area contributed by atoms with Crippen molar-refractivity contribution < 1.29 is 0 Å². The van der Waals surface area contributed by atoms with E-state index in [1.54, 1.807) is 28.4 Å². The Morgan fingerprint density at radius 1 is 1.62 bits per heavy atom. The van der Waals surface area contributed by atoms with E-state index in [9.17, 15) is 4.79 Å². The predicted octanol–water partition coefficient (Wildman–Crippen LogP) is 0.987. The average molecular weight is 251 g/mol. The molecule has 0 aromatic carbocycles. The summed E-state index contributed by atoms with van der Waals surface area (Å²) in [4.78, 5) is 15.7. The third kappa shape index (κ3) is 2.34. The highest BCUT2D eigenvalue weighted by molar-refractivity contribution is 7.80. The third-order valence-corrected chi connectivity index (χ3v) is 2.98. The second-order valence-electron chi connectivity index (χ2n) is 3.21. The van der Waals surface area contributed by atoms with Gasteiger partial charge >= 0.3 is 4.87 Å². The Morgan fingerprint density at radius 3 is 3.06 bits per heavy atom. The fourth-order valence-corrected chi connectivity index (χ4v) is 2.01. The predicted molar refractivity (Wildman–Crippen MR) is 67.8 cm³/mol. The van der Waals surface area contributed by atoms with E-state index in [1.807, 2.05) is 6.07 Å². The maximum atomic E-state index is 11.4. The van der Waals surface area contributed by atoms with Crippen LogP contribution < -0.4 is 10.6 Å². The Morgan fingerprint density at radius 2 is 2.44 bits per heavy atom. The van der Waals surface area contributed by atoms with Gasteiger partial charge in [0.25, 0.3) is 0 Å². The van der Waals surface area contributed by atoms with Gasteiger partial charge in [-0.3, -0.25) is 9.78 Å². The lowest BCUT2D eigenvalue weighted by Crippen LogP contribution is -2.15. The Hall–Kier alpha value is -1.53. The van der Waals surface area contributed by atoms with Gasteiger partial charge < -0.3 is 10.3 Å². The van der Waals surface area contributed by atoms with Gasteiger partial charge in [-0.25, -0.2) is 0 Å². The molecule has 0 spiro atoms. The first-order valence-corrected chi connectivity index (χ1v) is 5.84. The molecule has 0 aliphatic rings. The van der Waals surface area contributed by atoms with Crippen molar-refractivity contribution in [3.63, 3.8) is 0 Å². The second-order valence-corrected chi connectivity index (χ2v) is 4.51. The highest BCUT2D eigenvalue weighted by atomic mass is 32.1. The molecule has 2 heterocycles. The molecule has 0 saturated carbocycles. The van der Waals surface area contributed by atoms with E-state index in [1.165, 1.54) is 11.3 Å². The molecule has 0 unspecified atom stereocenters. The average Bonchev–Trinajstić information content (AvgIpc) is 2.65. The van der Waals surface area contributed by atoms with E-state index >= 15 is 0 Å². The standard InChI is InChI=1S/C10H9N3OS2/c11-9(15)8-5-7(1-2-12-8)6-13-3-4-16-10(13)14/h1-5H,6H2,(H2,11,15). The first-order chi connectivity index (χ1) is 7.66. The molecule has 0 fully saturated rings. The maximum absolute atomic E-state index is 11.4. The summed E-state index contributed by atoms with van der Waals surface area (Å²) in [6.07, 6.45) is 3.40. The number of pyridine rings is 1. The minimum atomic E-state index is 0.0219. The molecule has 6 heteroatoms. The van der Waals surface area contributed by atoms with Crippen LogP contribution in [0.25, 0.3) is 0 Å². The smallest absolute Gasteiger partial charge is 0.307 e. The van der Waals surface area contributed by atoms with Crippen molar-refractivity contribution in [3.05, 3.63) is 50.8 Å². The molecule has 4 nitrogen and oxygen atoms in total. The summed E-state index contributed by atoms with van der Waals surface area (Å²) >= 11 is 6.02.